The summed E-state index contributed by atoms with van der Waals surface area (Å²) in [6.07, 6.45) is 4.11. The fourth-order valence-corrected chi connectivity index (χ4v) is 7.11. The van der Waals surface area contributed by atoms with Gasteiger partial charge in [-0.25, -0.2) is 8.42 Å². The summed E-state index contributed by atoms with van der Waals surface area (Å²) < 4.78 is 28.3. The first kappa shape index (κ1) is 32.0. The quantitative estimate of drug-likeness (QED) is 0.201. The number of nitrogens with one attached hydrogen (secondary N) is 1. The third-order valence-electron chi connectivity index (χ3n) is 8.10. The number of benzene rings is 4. The van der Waals surface area contributed by atoms with Crippen LogP contribution in [0.25, 0.3) is 10.8 Å². The minimum Gasteiger partial charge on any atom is -0.352 e. The molecule has 0 bridgehead atoms. The second-order valence-corrected chi connectivity index (χ2v) is 14.1. The van der Waals surface area contributed by atoms with E-state index in [1.165, 1.54) is 11.9 Å². The summed E-state index contributed by atoms with van der Waals surface area (Å²) in [6, 6.07) is 26.1. The molecule has 1 atom stereocenters. The minimum atomic E-state index is -4.02. The molecule has 0 spiro atoms. The molecule has 1 saturated carbocycles. The number of rotatable bonds is 11. The second kappa shape index (κ2) is 14.1. The van der Waals surface area contributed by atoms with Crippen molar-refractivity contribution in [2.75, 3.05) is 13.6 Å². The van der Waals surface area contributed by atoms with Gasteiger partial charge in [0.2, 0.25) is 21.8 Å². The van der Waals surface area contributed by atoms with Crippen LogP contribution in [0.4, 0.5) is 0 Å². The number of amides is 2. The Hall–Kier alpha value is -3.43. The Labute approximate surface area is 268 Å². The normalized spacial score (nSPS) is 14.5. The number of sulfonamides is 1. The molecule has 0 aliphatic heterocycles. The van der Waals surface area contributed by atoms with Crippen molar-refractivity contribution in [1.29, 1.82) is 0 Å². The average Bonchev–Trinajstić information content (AvgIpc) is 3.53. The summed E-state index contributed by atoms with van der Waals surface area (Å²) in [4.78, 5) is 29.6. The van der Waals surface area contributed by atoms with E-state index in [1.807, 2.05) is 54.6 Å². The highest BCUT2D eigenvalue weighted by Crippen LogP contribution is 2.26. The number of halogens is 2. The summed E-state index contributed by atoms with van der Waals surface area (Å²) in [5, 5.41) is 5.54. The molecule has 2 amide bonds. The summed E-state index contributed by atoms with van der Waals surface area (Å²) in [5.74, 6) is -0.778. The van der Waals surface area contributed by atoms with Gasteiger partial charge in [0.05, 0.1) is 21.5 Å². The highest BCUT2D eigenvalue weighted by Gasteiger charge is 2.34. The molecule has 4 aromatic carbocycles. The molecule has 0 aromatic heterocycles. The van der Waals surface area contributed by atoms with Crippen molar-refractivity contribution in [2.24, 2.45) is 0 Å². The zero-order chi connectivity index (χ0) is 31.3. The van der Waals surface area contributed by atoms with E-state index in [-0.39, 0.29) is 29.8 Å². The summed E-state index contributed by atoms with van der Waals surface area (Å²) >= 11 is 12.5. The van der Waals surface area contributed by atoms with Gasteiger partial charge < -0.3 is 10.2 Å². The van der Waals surface area contributed by atoms with Crippen molar-refractivity contribution in [3.8, 4) is 0 Å². The van der Waals surface area contributed by atoms with Crippen molar-refractivity contribution in [3.63, 3.8) is 0 Å². The highest BCUT2D eigenvalue weighted by molar-refractivity contribution is 7.89. The van der Waals surface area contributed by atoms with Crippen molar-refractivity contribution in [3.05, 3.63) is 112 Å². The SMILES string of the molecule is CN(CC(=O)N(Cc1ccc(Cl)c(Cl)c1)[C@@H](Cc1ccccc1)C(=O)NC1CCCC1)S(=O)(=O)c1ccc2ccccc2c1. The first-order valence-corrected chi connectivity index (χ1v) is 16.8. The zero-order valence-electron chi connectivity index (χ0n) is 24.5. The van der Waals surface area contributed by atoms with Gasteiger partial charge in [-0.3, -0.25) is 9.59 Å². The lowest BCUT2D eigenvalue weighted by molar-refractivity contribution is -0.141. The Kier molecular flexibility index (Phi) is 10.3. The predicted molar refractivity (Wildman–Crippen MR) is 175 cm³/mol. The number of fused-ring (bicyclic) bond motifs is 1. The molecule has 0 radical (unpaired) electrons. The Morgan fingerprint density at radius 2 is 1.52 bits per heavy atom. The van der Waals surface area contributed by atoms with Gasteiger partial charge in [-0.15, -0.1) is 0 Å². The van der Waals surface area contributed by atoms with Gasteiger partial charge in [-0.1, -0.05) is 103 Å². The van der Waals surface area contributed by atoms with Crippen molar-refractivity contribution >= 4 is 55.8 Å². The summed E-state index contributed by atoms with van der Waals surface area (Å²) in [6.45, 7) is -0.423. The first-order chi connectivity index (χ1) is 21.1. The Balaban J connectivity index is 1.47. The van der Waals surface area contributed by atoms with E-state index < -0.39 is 28.5 Å². The van der Waals surface area contributed by atoms with Crippen LogP contribution in [0.2, 0.25) is 10.0 Å². The van der Waals surface area contributed by atoms with Crippen LogP contribution < -0.4 is 5.32 Å². The van der Waals surface area contributed by atoms with Crippen LogP contribution in [-0.2, 0) is 32.6 Å². The molecule has 5 rings (SSSR count). The molecule has 7 nitrogen and oxygen atoms in total. The van der Waals surface area contributed by atoms with Crippen LogP contribution in [0.15, 0.2) is 95.9 Å². The molecular weight excluding hydrogens is 617 g/mol. The van der Waals surface area contributed by atoms with Crippen molar-refractivity contribution in [1.82, 2.24) is 14.5 Å². The van der Waals surface area contributed by atoms with E-state index in [4.69, 9.17) is 23.2 Å². The number of carbonyl (C=O) groups is 2. The molecule has 44 heavy (non-hydrogen) atoms. The lowest BCUT2D eigenvalue weighted by atomic mass is 10.0. The van der Waals surface area contributed by atoms with E-state index in [2.05, 4.69) is 5.32 Å². The molecule has 0 unspecified atom stereocenters. The number of hydrogen-bond donors (Lipinski definition) is 1. The van der Waals surface area contributed by atoms with Gasteiger partial charge >= 0.3 is 0 Å². The molecule has 1 aliphatic carbocycles. The maximum atomic E-state index is 14.2. The van der Waals surface area contributed by atoms with Gasteiger partial charge in [0.25, 0.3) is 0 Å². The molecule has 0 saturated heterocycles. The average molecular weight is 653 g/mol. The Morgan fingerprint density at radius 3 is 2.23 bits per heavy atom. The standard InChI is InChI=1S/C34H35Cl2N3O4S/c1-38(44(42,43)29-17-16-26-11-5-6-12-27(26)21-29)23-33(40)39(22-25-15-18-30(35)31(36)19-25)32(20-24-9-3-2-4-10-24)34(41)37-28-13-7-8-14-28/h2-6,9-12,15-19,21,28,32H,7-8,13-14,20,22-23H2,1H3,(H,37,41)/t32-/m0/s1. The minimum absolute atomic E-state index is 0.0369. The number of nitrogens with zero attached hydrogens (tertiary/aromatic N) is 2. The first-order valence-electron chi connectivity index (χ1n) is 14.6. The van der Waals surface area contributed by atoms with Crippen LogP contribution >= 0.6 is 23.2 Å². The van der Waals surface area contributed by atoms with Gasteiger partial charge in [0.15, 0.2) is 0 Å². The van der Waals surface area contributed by atoms with Crippen LogP contribution in [0.3, 0.4) is 0 Å². The number of carbonyl (C=O) groups excluding carboxylic acids is 2. The summed E-state index contributed by atoms with van der Waals surface area (Å²) in [7, 11) is -2.64. The van der Waals surface area contributed by atoms with Crippen LogP contribution in [0.5, 0.6) is 0 Å². The molecule has 1 fully saturated rings. The van der Waals surface area contributed by atoms with Gasteiger partial charge in [0, 0.05) is 26.1 Å². The smallest absolute Gasteiger partial charge is 0.243 e. The molecule has 10 heteroatoms. The van der Waals surface area contributed by atoms with E-state index in [9.17, 15) is 18.0 Å². The maximum absolute atomic E-state index is 14.2. The van der Waals surface area contributed by atoms with E-state index in [0.29, 0.717) is 15.6 Å². The molecular formula is C34H35Cl2N3O4S. The van der Waals surface area contributed by atoms with Crippen molar-refractivity contribution < 1.29 is 18.0 Å². The fraction of sp³-hybridized carbons (Fsp3) is 0.294. The lowest BCUT2D eigenvalue weighted by Gasteiger charge is -2.33. The van der Waals surface area contributed by atoms with E-state index in [1.54, 1.807) is 36.4 Å². The molecule has 4 aromatic rings. The number of likely N-dealkylation sites (N-methyl/N-ethyl adjacent to an activating group) is 1. The monoisotopic (exact) mass is 651 g/mol. The zero-order valence-corrected chi connectivity index (χ0v) is 26.8. The second-order valence-electron chi connectivity index (χ2n) is 11.2. The molecule has 0 heterocycles. The predicted octanol–water partition coefficient (Wildman–Crippen LogP) is 6.47. The molecule has 1 N–H and O–H groups in total. The van der Waals surface area contributed by atoms with Crippen molar-refractivity contribution in [2.45, 2.75) is 55.6 Å². The fourth-order valence-electron chi connectivity index (χ4n) is 5.63. The van der Waals surface area contributed by atoms with Crippen LogP contribution in [-0.4, -0.2) is 55.1 Å². The largest absolute Gasteiger partial charge is 0.352 e. The summed E-state index contributed by atoms with van der Waals surface area (Å²) in [5.41, 5.74) is 1.54. The van der Waals surface area contributed by atoms with E-state index >= 15 is 0 Å². The van der Waals surface area contributed by atoms with Crippen LogP contribution in [0.1, 0.15) is 36.8 Å². The van der Waals surface area contributed by atoms with Gasteiger partial charge in [0.1, 0.15) is 6.04 Å². The van der Waals surface area contributed by atoms with Gasteiger partial charge in [-0.2, -0.15) is 4.31 Å². The molecule has 230 valence electrons. The maximum Gasteiger partial charge on any atom is 0.243 e. The Morgan fingerprint density at radius 1 is 0.841 bits per heavy atom. The highest BCUT2D eigenvalue weighted by atomic mass is 35.5. The van der Waals surface area contributed by atoms with E-state index in [0.717, 1.165) is 46.3 Å². The number of hydrogen-bond acceptors (Lipinski definition) is 4. The topological polar surface area (TPSA) is 86.8 Å². The third-order valence-corrected chi connectivity index (χ3v) is 10.6. The van der Waals surface area contributed by atoms with Gasteiger partial charge in [-0.05, 0) is 59.0 Å². The lowest BCUT2D eigenvalue weighted by Crippen LogP contribution is -2.54. The molecule has 1 aliphatic rings. The third kappa shape index (κ3) is 7.61. The Bertz CT molecular complexity index is 1740. The van der Waals surface area contributed by atoms with Crippen LogP contribution in [0, 0.1) is 0 Å².